The van der Waals surface area contributed by atoms with E-state index in [1.54, 1.807) is 0 Å². The van der Waals surface area contributed by atoms with Crippen molar-refractivity contribution in [3.05, 3.63) is 47.5 Å². The van der Waals surface area contributed by atoms with Crippen LogP contribution < -0.4 is 0 Å². The van der Waals surface area contributed by atoms with Gasteiger partial charge in [0, 0.05) is 12.2 Å². The van der Waals surface area contributed by atoms with E-state index in [4.69, 9.17) is 12.6 Å². The van der Waals surface area contributed by atoms with Gasteiger partial charge in [0.05, 0.1) is 0 Å². The summed E-state index contributed by atoms with van der Waals surface area (Å²) in [6.45, 7) is 0. The van der Waals surface area contributed by atoms with E-state index in [1.165, 1.54) is 37.7 Å². The van der Waals surface area contributed by atoms with Crippen molar-refractivity contribution in [3.63, 3.8) is 0 Å². The Bertz CT molecular complexity index is 425. The van der Waals surface area contributed by atoms with Crippen molar-refractivity contribution in [2.45, 2.75) is 42.3 Å². The zero-order chi connectivity index (χ0) is 12.4. The Balaban J connectivity index is 1.87. The fourth-order valence-electron chi connectivity index (χ4n) is 2.95. The average molecular weight is 277 g/mol. The molecular formula is C15H19NS2. The van der Waals surface area contributed by atoms with Crippen molar-refractivity contribution in [2.24, 2.45) is 0 Å². The molecule has 0 amide bonds. The number of thioether (sulfide) groups is 1. The van der Waals surface area contributed by atoms with Gasteiger partial charge in [-0.15, -0.1) is 12.6 Å². The molecule has 18 heavy (non-hydrogen) atoms. The summed E-state index contributed by atoms with van der Waals surface area (Å²) in [7, 11) is 0. The Morgan fingerprint density at radius 2 is 1.83 bits per heavy atom. The van der Waals surface area contributed by atoms with Crippen LogP contribution in [-0.4, -0.2) is 10.9 Å². The van der Waals surface area contributed by atoms with Crippen LogP contribution in [0.1, 0.15) is 37.7 Å². The molecule has 0 spiro atoms. The molecule has 3 heteroatoms. The first-order valence-corrected chi connectivity index (χ1v) is 8.04. The summed E-state index contributed by atoms with van der Waals surface area (Å²) in [5.74, 6) is 0. The summed E-state index contributed by atoms with van der Waals surface area (Å²) in [4.78, 5) is 2.47. The highest BCUT2D eigenvalue weighted by atomic mass is 32.2. The molecule has 3 rings (SSSR count). The van der Waals surface area contributed by atoms with Gasteiger partial charge in [0.25, 0.3) is 0 Å². The van der Waals surface area contributed by atoms with Crippen molar-refractivity contribution in [1.29, 1.82) is 0 Å². The molecule has 96 valence electrons. The van der Waals surface area contributed by atoms with Gasteiger partial charge < -0.3 is 4.90 Å². The second-order valence-electron chi connectivity index (χ2n) is 5.08. The molecule has 1 saturated carbocycles. The number of benzene rings is 1. The van der Waals surface area contributed by atoms with E-state index in [9.17, 15) is 0 Å². The van der Waals surface area contributed by atoms with E-state index >= 15 is 0 Å². The SMILES string of the molecule is SC1(c2ccccc2)SC=CN1C1CCCCC1. The third-order valence-electron chi connectivity index (χ3n) is 3.92. The van der Waals surface area contributed by atoms with Gasteiger partial charge >= 0.3 is 0 Å². The zero-order valence-corrected chi connectivity index (χ0v) is 12.2. The van der Waals surface area contributed by atoms with Crippen LogP contribution in [0.25, 0.3) is 0 Å². The molecule has 0 saturated heterocycles. The average Bonchev–Trinajstić information content (AvgIpc) is 2.84. The summed E-state index contributed by atoms with van der Waals surface area (Å²) in [6, 6.07) is 11.3. The predicted octanol–water partition coefficient (Wildman–Crippen LogP) is 4.58. The van der Waals surface area contributed by atoms with Crippen LogP contribution in [0.4, 0.5) is 0 Å². The van der Waals surface area contributed by atoms with Gasteiger partial charge in [0.15, 0.2) is 4.20 Å². The van der Waals surface area contributed by atoms with E-state index < -0.39 is 0 Å². The Morgan fingerprint density at radius 3 is 2.56 bits per heavy atom. The summed E-state index contributed by atoms with van der Waals surface area (Å²) in [5, 5.41) is 2.19. The highest BCUT2D eigenvalue weighted by Gasteiger charge is 2.40. The largest absolute Gasteiger partial charge is 0.347 e. The number of rotatable bonds is 2. The molecule has 0 N–H and O–H groups in total. The van der Waals surface area contributed by atoms with E-state index in [0.717, 1.165) is 0 Å². The van der Waals surface area contributed by atoms with E-state index in [0.29, 0.717) is 6.04 Å². The van der Waals surface area contributed by atoms with Crippen LogP contribution in [0.2, 0.25) is 0 Å². The monoisotopic (exact) mass is 277 g/mol. The van der Waals surface area contributed by atoms with Crippen molar-refractivity contribution < 1.29 is 0 Å². The van der Waals surface area contributed by atoms with Gasteiger partial charge in [-0.25, -0.2) is 0 Å². The second-order valence-corrected chi connectivity index (χ2v) is 7.12. The van der Waals surface area contributed by atoms with Gasteiger partial charge in [0.1, 0.15) is 0 Å². The lowest BCUT2D eigenvalue weighted by Crippen LogP contribution is -2.41. The highest BCUT2D eigenvalue weighted by molar-refractivity contribution is 8.12. The summed E-state index contributed by atoms with van der Waals surface area (Å²) < 4.78 is -0.205. The van der Waals surface area contributed by atoms with Crippen molar-refractivity contribution in [1.82, 2.24) is 4.90 Å². The molecule has 1 aliphatic heterocycles. The molecule has 1 nitrogen and oxygen atoms in total. The molecular weight excluding hydrogens is 258 g/mol. The van der Waals surface area contributed by atoms with Crippen LogP contribution in [0.15, 0.2) is 41.9 Å². The highest BCUT2D eigenvalue weighted by Crippen LogP contribution is 2.50. The molecule has 1 aliphatic carbocycles. The minimum atomic E-state index is -0.205. The fraction of sp³-hybridized carbons (Fsp3) is 0.467. The van der Waals surface area contributed by atoms with Crippen molar-refractivity contribution in [2.75, 3.05) is 0 Å². The maximum Gasteiger partial charge on any atom is 0.160 e. The molecule has 1 aromatic rings. The zero-order valence-electron chi connectivity index (χ0n) is 10.5. The lowest BCUT2D eigenvalue weighted by Gasteiger charge is -2.42. The van der Waals surface area contributed by atoms with Crippen molar-refractivity contribution in [3.8, 4) is 0 Å². The smallest absolute Gasteiger partial charge is 0.160 e. The van der Waals surface area contributed by atoms with E-state index in [2.05, 4.69) is 46.8 Å². The standard InChI is InChI=1S/C15H19NS2/c17-15(13-7-3-1-4-8-13)16(11-12-18-15)14-9-5-2-6-10-14/h1,3-4,7-8,11-12,14,17H,2,5-6,9-10H2. The molecule has 1 fully saturated rings. The van der Waals surface area contributed by atoms with E-state index in [1.807, 2.05) is 11.8 Å². The first-order chi connectivity index (χ1) is 8.81. The molecule has 1 aromatic carbocycles. The van der Waals surface area contributed by atoms with Crippen LogP contribution in [-0.2, 0) is 4.20 Å². The number of nitrogens with zero attached hydrogens (tertiary/aromatic N) is 1. The Labute approximate surface area is 119 Å². The number of thiol groups is 1. The molecule has 1 unspecified atom stereocenters. The summed E-state index contributed by atoms with van der Waals surface area (Å²) in [6.07, 6.45) is 8.96. The van der Waals surface area contributed by atoms with Gasteiger partial charge in [-0.3, -0.25) is 0 Å². The Hall–Kier alpha value is -0.540. The minimum absolute atomic E-state index is 0.205. The maximum absolute atomic E-state index is 5.00. The fourth-order valence-corrected chi connectivity index (χ4v) is 4.50. The Morgan fingerprint density at radius 1 is 1.11 bits per heavy atom. The Kier molecular flexibility index (Phi) is 3.62. The molecule has 1 heterocycles. The lowest BCUT2D eigenvalue weighted by atomic mass is 9.94. The van der Waals surface area contributed by atoms with Crippen LogP contribution in [0.5, 0.6) is 0 Å². The lowest BCUT2D eigenvalue weighted by molar-refractivity contribution is 0.195. The van der Waals surface area contributed by atoms with Crippen LogP contribution in [0, 0.1) is 0 Å². The third-order valence-corrected chi connectivity index (χ3v) is 5.76. The van der Waals surface area contributed by atoms with Gasteiger partial charge in [-0.1, -0.05) is 61.4 Å². The molecule has 0 radical (unpaired) electrons. The van der Waals surface area contributed by atoms with Crippen LogP contribution >= 0.6 is 24.4 Å². The first-order valence-electron chi connectivity index (χ1n) is 6.71. The maximum atomic E-state index is 5.00. The molecule has 0 bridgehead atoms. The van der Waals surface area contributed by atoms with Gasteiger partial charge in [-0.2, -0.15) is 0 Å². The van der Waals surface area contributed by atoms with E-state index in [-0.39, 0.29) is 4.20 Å². The van der Waals surface area contributed by atoms with Gasteiger partial charge in [0.2, 0.25) is 0 Å². The topological polar surface area (TPSA) is 3.24 Å². The van der Waals surface area contributed by atoms with Crippen molar-refractivity contribution >= 4 is 24.4 Å². The number of hydrogen-bond donors (Lipinski definition) is 1. The predicted molar refractivity (Wildman–Crippen MR) is 82.5 cm³/mol. The minimum Gasteiger partial charge on any atom is -0.347 e. The van der Waals surface area contributed by atoms with Gasteiger partial charge in [-0.05, 0) is 23.8 Å². The third kappa shape index (κ3) is 2.19. The summed E-state index contributed by atoms with van der Waals surface area (Å²) >= 11 is 6.81. The first kappa shape index (κ1) is 12.5. The normalized spacial score (nSPS) is 28.8. The second kappa shape index (κ2) is 5.22. The summed E-state index contributed by atoms with van der Waals surface area (Å²) in [5.41, 5.74) is 1.29. The number of hydrogen-bond acceptors (Lipinski definition) is 3. The quantitative estimate of drug-likeness (QED) is 0.788. The molecule has 1 atom stereocenters. The van der Waals surface area contributed by atoms with Crippen LogP contribution in [0.3, 0.4) is 0 Å². The molecule has 0 aromatic heterocycles. The molecule has 2 aliphatic rings.